The molecule has 0 aromatic heterocycles. The first-order chi connectivity index (χ1) is 10.3. The lowest BCUT2D eigenvalue weighted by Gasteiger charge is -2.26. The molecule has 21 heavy (non-hydrogen) atoms. The molecule has 118 valence electrons. The summed E-state index contributed by atoms with van der Waals surface area (Å²) in [4.78, 5) is 0. The summed E-state index contributed by atoms with van der Waals surface area (Å²) in [6.07, 6.45) is 2.23. The summed E-state index contributed by atoms with van der Waals surface area (Å²) in [5.41, 5.74) is 1.12. The molecule has 0 bridgehead atoms. The molecule has 1 atom stereocenters. The average molecular weight is 293 g/mol. The van der Waals surface area contributed by atoms with Gasteiger partial charge in [-0.3, -0.25) is 0 Å². The lowest BCUT2D eigenvalue weighted by molar-refractivity contribution is -0.0119. The van der Waals surface area contributed by atoms with Crippen molar-refractivity contribution < 1.29 is 14.2 Å². The van der Waals surface area contributed by atoms with Crippen LogP contribution in [0, 0.1) is 5.92 Å². The van der Waals surface area contributed by atoms with Crippen molar-refractivity contribution >= 4 is 0 Å². The average Bonchev–Trinajstić information content (AvgIpc) is 2.56. The van der Waals surface area contributed by atoms with Crippen molar-refractivity contribution in [2.45, 2.75) is 25.9 Å². The molecular formula is C17H27NO3. The van der Waals surface area contributed by atoms with Gasteiger partial charge in [-0.2, -0.15) is 0 Å². The van der Waals surface area contributed by atoms with Gasteiger partial charge >= 0.3 is 0 Å². The molecule has 0 saturated carbocycles. The largest absolute Gasteiger partial charge is 0.496 e. The molecule has 1 saturated heterocycles. The minimum atomic E-state index is 0.0314. The second-order valence-electron chi connectivity index (χ2n) is 5.43. The van der Waals surface area contributed by atoms with Gasteiger partial charge in [0.1, 0.15) is 5.75 Å². The van der Waals surface area contributed by atoms with Crippen LogP contribution < -0.4 is 10.1 Å². The molecule has 1 N–H and O–H groups in total. The maximum atomic E-state index is 6.21. The van der Waals surface area contributed by atoms with E-state index in [-0.39, 0.29) is 6.10 Å². The molecule has 4 nitrogen and oxygen atoms in total. The van der Waals surface area contributed by atoms with Crippen LogP contribution in [0.1, 0.15) is 31.4 Å². The van der Waals surface area contributed by atoms with Gasteiger partial charge in [0.2, 0.25) is 0 Å². The minimum Gasteiger partial charge on any atom is -0.496 e. The Kier molecular flexibility index (Phi) is 7.00. The van der Waals surface area contributed by atoms with Gasteiger partial charge in [-0.15, -0.1) is 0 Å². The van der Waals surface area contributed by atoms with Crippen LogP contribution >= 0.6 is 0 Å². The van der Waals surface area contributed by atoms with Crippen LogP contribution in [0.3, 0.4) is 0 Å². The maximum Gasteiger partial charge on any atom is 0.124 e. The number of likely N-dealkylation sites (N-methyl/N-ethyl adjacent to an activating group) is 1. The molecule has 1 aliphatic rings. The van der Waals surface area contributed by atoms with Crippen molar-refractivity contribution in [3.63, 3.8) is 0 Å². The molecular weight excluding hydrogens is 266 g/mol. The zero-order valence-electron chi connectivity index (χ0n) is 13.1. The summed E-state index contributed by atoms with van der Waals surface area (Å²) < 4.78 is 17.1. The van der Waals surface area contributed by atoms with E-state index in [4.69, 9.17) is 14.2 Å². The molecule has 1 aliphatic heterocycles. The highest BCUT2D eigenvalue weighted by atomic mass is 16.5. The third kappa shape index (κ3) is 4.99. The second-order valence-corrected chi connectivity index (χ2v) is 5.43. The molecule has 2 rings (SSSR count). The highest BCUT2D eigenvalue weighted by molar-refractivity contribution is 5.35. The van der Waals surface area contributed by atoms with Crippen molar-refractivity contribution in [3.05, 3.63) is 29.8 Å². The SMILES string of the molecule is CCNCC(OCC1CCOCC1)c1ccccc1OC. The number of methoxy groups -OCH3 is 1. The topological polar surface area (TPSA) is 39.7 Å². The van der Waals surface area contributed by atoms with Gasteiger partial charge in [0.05, 0.1) is 19.8 Å². The van der Waals surface area contributed by atoms with Crippen LogP contribution in [-0.4, -0.2) is 40.0 Å². The summed E-state index contributed by atoms with van der Waals surface area (Å²) in [5.74, 6) is 1.50. The van der Waals surface area contributed by atoms with Crippen LogP contribution in [0.4, 0.5) is 0 Å². The second kappa shape index (κ2) is 9.03. The number of rotatable bonds is 8. The predicted molar refractivity (Wildman–Crippen MR) is 83.8 cm³/mol. The van der Waals surface area contributed by atoms with Crippen LogP contribution in [0.2, 0.25) is 0 Å². The molecule has 1 aromatic carbocycles. The zero-order chi connectivity index (χ0) is 14.9. The maximum absolute atomic E-state index is 6.21. The van der Waals surface area contributed by atoms with E-state index in [2.05, 4.69) is 18.3 Å². The van der Waals surface area contributed by atoms with Crippen LogP contribution in [0.15, 0.2) is 24.3 Å². The summed E-state index contributed by atoms with van der Waals surface area (Å²) in [5, 5.41) is 3.38. The number of para-hydroxylation sites is 1. The summed E-state index contributed by atoms with van der Waals surface area (Å²) in [6.45, 7) is 6.36. The third-order valence-electron chi connectivity index (χ3n) is 3.94. The van der Waals surface area contributed by atoms with Crippen LogP contribution in [-0.2, 0) is 9.47 Å². The zero-order valence-corrected chi connectivity index (χ0v) is 13.1. The van der Waals surface area contributed by atoms with Crippen molar-refractivity contribution in [2.75, 3.05) is 40.0 Å². The fourth-order valence-corrected chi connectivity index (χ4v) is 2.63. The molecule has 1 heterocycles. The van der Waals surface area contributed by atoms with Crippen LogP contribution in [0.5, 0.6) is 5.75 Å². The van der Waals surface area contributed by atoms with Crippen molar-refractivity contribution in [1.82, 2.24) is 5.32 Å². The Balaban J connectivity index is 1.99. The van der Waals surface area contributed by atoms with Gasteiger partial charge < -0.3 is 19.5 Å². The van der Waals surface area contributed by atoms with E-state index in [1.807, 2.05) is 18.2 Å². The quantitative estimate of drug-likeness (QED) is 0.800. The Hall–Kier alpha value is -1.10. The van der Waals surface area contributed by atoms with Gasteiger partial charge in [-0.1, -0.05) is 25.1 Å². The van der Waals surface area contributed by atoms with E-state index >= 15 is 0 Å². The van der Waals surface area contributed by atoms with Crippen molar-refractivity contribution in [3.8, 4) is 5.75 Å². The normalized spacial score (nSPS) is 17.6. The lowest BCUT2D eigenvalue weighted by atomic mass is 10.0. The number of hydrogen-bond donors (Lipinski definition) is 1. The Morgan fingerprint density at radius 1 is 1.29 bits per heavy atom. The van der Waals surface area contributed by atoms with E-state index in [1.54, 1.807) is 7.11 Å². The molecule has 0 amide bonds. The van der Waals surface area contributed by atoms with Gasteiger partial charge in [0, 0.05) is 25.3 Å². The van der Waals surface area contributed by atoms with Crippen molar-refractivity contribution in [1.29, 1.82) is 0 Å². The Bertz CT molecular complexity index is 405. The van der Waals surface area contributed by atoms with E-state index in [9.17, 15) is 0 Å². The Morgan fingerprint density at radius 3 is 2.76 bits per heavy atom. The Labute approximate surface area is 127 Å². The van der Waals surface area contributed by atoms with E-state index in [0.717, 1.165) is 57.1 Å². The van der Waals surface area contributed by atoms with Gasteiger partial charge in [0.25, 0.3) is 0 Å². The van der Waals surface area contributed by atoms with Gasteiger partial charge in [0.15, 0.2) is 0 Å². The van der Waals surface area contributed by atoms with Gasteiger partial charge in [-0.25, -0.2) is 0 Å². The lowest BCUT2D eigenvalue weighted by Crippen LogP contribution is -2.27. The molecule has 0 aliphatic carbocycles. The summed E-state index contributed by atoms with van der Waals surface area (Å²) >= 11 is 0. The molecule has 4 heteroatoms. The first-order valence-electron chi connectivity index (χ1n) is 7.88. The first-order valence-corrected chi connectivity index (χ1v) is 7.88. The summed E-state index contributed by atoms with van der Waals surface area (Å²) in [6, 6.07) is 8.11. The first kappa shape index (κ1) is 16.3. The standard InChI is InChI=1S/C17H27NO3/c1-3-18-12-17(15-6-4-5-7-16(15)19-2)21-13-14-8-10-20-11-9-14/h4-7,14,17-18H,3,8-13H2,1-2H3. The molecule has 0 radical (unpaired) electrons. The number of hydrogen-bond acceptors (Lipinski definition) is 4. The van der Waals surface area contributed by atoms with Crippen LogP contribution in [0.25, 0.3) is 0 Å². The smallest absolute Gasteiger partial charge is 0.124 e. The van der Waals surface area contributed by atoms with E-state index in [1.165, 1.54) is 0 Å². The van der Waals surface area contributed by atoms with Gasteiger partial charge in [-0.05, 0) is 31.4 Å². The highest BCUT2D eigenvalue weighted by Gasteiger charge is 2.20. The molecule has 0 spiro atoms. The molecule has 1 fully saturated rings. The highest BCUT2D eigenvalue weighted by Crippen LogP contribution is 2.28. The molecule has 1 aromatic rings. The fourth-order valence-electron chi connectivity index (χ4n) is 2.63. The van der Waals surface area contributed by atoms with Crippen molar-refractivity contribution in [2.24, 2.45) is 5.92 Å². The summed E-state index contributed by atoms with van der Waals surface area (Å²) in [7, 11) is 1.71. The number of ether oxygens (including phenoxy) is 3. The number of nitrogens with one attached hydrogen (secondary N) is 1. The van der Waals surface area contributed by atoms with E-state index < -0.39 is 0 Å². The fraction of sp³-hybridized carbons (Fsp3) is 0.647. The van der Waals surface area contributed by atoms with E-state index in [0.29, 0.717) is 5.92 Å². The predicted octanol–water partition coefficient (Wildman–Crippen LogP) is 2.79. The monoisotopic (exact) mass is 293 g/mol. The number of benzene rings is 1. The third-order valence-corrected chi connectivity index (χ3v) is 3.94. The molecule has 1 unspecified atom stereocenters. The Morgan fingerprint density at radius 2 is 2.05 bits per heavy atom. The minimum absolute atomic E-state index is 0.0314.